The van der Waals surface area contributed by atoms with E-state index in [1.807, 2.05) is 0 Å². The van der Waals surface area contributed by atoms with Gasteiger partial charge in [0.1, 0.15) is 5.75 Å². The molecule has 6 nitrogen and oxygen atoms in total. The molecule has 0 spiro atoms. The molecular formula is C10H17NNa3O5PS. The maximum Gasteiger partial charge on any atom is 1.00 e. The summed E-state index contributed by atoms with van der Waals surface area (Å²) in [5, 5.41) is 10.5. The minimum absolute atomic E-state index is 0. The molecule has 0 aliphatic carbocycles. The number of nitrogens with zero attached hydrogens (tertiary/aromatic N) is 1. The third-order valence-corrected chi connectivity index (χ3v) is 4.28. The summed E-state index contributed by atoms with van der Waals surface area (Å²) in [6.45, 7) is 1.52. The first kappa shape index (κ1) is 27.8. The number of benzene rings is 1. The van der Waals surface area contributed by atoms with Crippen LogP contribution in [0.15, 0.2) is 24.3 Å². The van der Waals surface area contributed by atoms with E-state index in [1.165, 1.54) is 24.3 Å². The second-order valence-corrected chi connectivity index (χ2v) is 6.06. The fraction of sp³-hybridized carbons (Fsp3) is 0.400. The molecule has 0 heterocycles. The Balaban J connectivity index is -0.000000135. The van der Waals surface area contributed by atoms with Crippen molar-refractivity contribution in [1.82, 2.24) is 0 Å². The van der Waals surface area contributed by atoms with Crippen LogP contribution in [0.25, 0.3) is 0 Å². The number of nitro groups is 1. The van der Waals surface area contributed by atoms with Crippen molar-refractivity contribution in [2.45, 2.75) is 13.8 Å². The Morgan fingerprint density at radius 3 is 1.90 bits per heavy atom. The number of hydrogen-bond donors (Lipinski definition) is 0. The molecule has 0 saturated heterocycles. The SMILES string of the molecule is CCOP(=S)(OCC)Oc1ccc([N+](=O)[O-])cc1.[H-].[H-].[H-].[Na+].[Na+].[Na+]. The Kier molecular flexibility index (Phi) is 19.0. The van der Waals surface area contributed by atoms with Crippen LogP contribution in [0, 0.1) is 10.1 Å². The Labute approximate surface area is 200 Å². The van der Waals surface area contributed by atoms with Crippen molar-refractivity contribution in [3.63, 3.8) is 0 Å². The normalized spacial score (nSPS) is 9.62. The zero-order chi connectivity index (χ0) is 13.6. The maximum atomic E-state index is 10.5. The first-order valence-electron chi connectivity index (χ1n) is 5.34. The Morgan fingerprint density at radius 1 is 1.14 bits per heavy atom. The van der Waals surface area contributed by atoms with Crippen LogP contribution in [0.1, 0.15) is 18.1 Å². The van der Waals surface area contributed by atoms with Crippen molar-refractivity contribution in [1.29, 1.82) is 0 Å². The summed E-state index contributed by atoms with van der Waals surface area (Å²) in [4.78, 5) is 10.0. The van der Waals surface area contributed by atoms with E-state index in [9.17, 15) is 10.1 Å². The van der Waals surface area contributed by atoms with Crippen LogP contribution in [-0.4, -0.2) is 18.1 Å². The molecule has 0 amide bonds. The molecule has 1 aromatic carbocycles. The van der Waals surface area contributed by atoms with Gasteiger partial charge < -0.3 is 8.80 Å². The molecule has 0 radical (unpaired) electrons. The molecule has 0 aliphatic rings. The van der Waals surface area contributed by atoms with Crippen LogP contribution in [0.2, 0.25) is 0 Å². The molecule has 106 valence electrons. The summed E-state index contributed by atoms with van der Waals surface area (Å²) in [5.74, 6) is 0.394. The summed E-state index contributed by atoms with van der Waals surface area (Å²) in [5.41, 5.74) is -0.0107. The summed E-state index contributed by atoms with van der Waals surface area (Å²) in [6.07, 6.45) is 0. The predicted molar refractivity (Wildman–Crippen MR) is 74.6 cm³/mol. The van der Waals surface area contributed by atoms with Gasteiger partial charge >= 0.3 is 95.4 Å². The van der Waals surface area contributed by atoms with Crippen LogP contribution >= 0.6 is 6.72 Å². The Morgan fingerprint density at radius 2 is 1.57 bits per heavy atom. The average molecular weight is 363 g/mol. The molecule has 0 unspecified atom stereocenters. The van der Waals surface area contributed by atoms with Crippen molar-refractivity contribution in [2.24, 2.45) is 0 Å². The van der Waals surface area contributed by atoms with E-state index >= 15 is 0 Å². The molecule has 11 heteroatoms. The van der Waals surface area contributed by atoms with Crippen LogP contribution < -0.4 is 93.2 Å². The number of hydrogen-bond acceptors (Lipinski definition) is 6. The van der Waals surface area contributed by atoms with Gasteiger partial charge in [-0.05, 0) is 26.0 Å². The second-order valence-electron chi connectivity index (χ2n) is 3.13. The summed E-state index contributed by atoms with van der Waals surface area (Å²) in [6, 6.07) is 5.62. The van der Waals surface area contributed by atoms with Gasteiger partial charge in [0.25, 0.3) is 5.69 Å². The van der Waals surface area contributed by atoms with E-state index in [0.29, 0.717) is 19.0 Å². The van der Waals surface area contributed by atoms with E-state index in [0.717, 1.165) is 0 Å². The summed E-state index contributed by atoms with van der Waals surface area (Å²) < 4.78 is 16.1. The summed E-state index contributed by atoms with van der Waals surface area (Å²) >= 11 is 5.18. The standard InChI is InChI=1S/C10H14NO5PS.3Na.3H/c1-3-14-17(18,15-4-2)16-10-7-5-9(6-8-10)11(12)13;;;;;;/h5-8H,3-4H2,1-2H3;;;;;;/q;3*+1;3*-1. The van der Waals surface area contributed by atoms with Gasteiger partial charge in [-0.15, -0.1) is 0 Å². The zero-order valence-electron chi connectivity index (χ0n) is 16.1. The van der Waals surface area contributed by atoms with Gasteiger partial charge in [-0.2, -0.15) is 0 Å². The van der Waals surface area contributed by atoms with Crippen molar-refractivity contribution in [3.05, 3.63) is 34.4 Å². The molecule has 21 heavy (non-hydrogen) atoms. The molecule has 0 aliphatic heterocycles. The Bertz CT molecular complexity index is 466. The Hall–Kier alpha value is 1.99. The molecule has 1 aromatic rings. The van der Waals surface area contributed by atoms with Crippen LogP contribution in [-0.2, 0) is 20.9 Å². The van der Waals surface area contributed by atoms with Gasteiger partial charge in [0.15, 0.2) is 0 Å². The minimum Gasteiger partial charge on any atom is -1.00 e. The molecule has 0 saturated carbocycles. The van der Waals surface area contributed by atoms with Gasteiger partial charge in [-0.1, -0.05) is 0 Å². The van der Waals surface area contributed by atoms with Gasteiger partial charge in [-0.25, -0.2) is 0 Å². The predicted octanol–water partition coefficient (Wildman–Crippen LogP) is -5.38. The zero-order valence-corrected chi connectivity index (χ0v) is 20.8. The maximum absolute atomic E-state index is 10.5. The second kappa shape index (κ2) is 14.3. The fourth-order valence-electron chi connectivity index (χ4n) is 1.16. The van der Waals surface area contributed by atoms with Crippen molar-refractivity contribution >= 4 is 24.2 Å². The molecule has 0 atom stereocenters. The summed E-state index contributed by atoms with van der Waals surface area (Å²) in [7, 11) is 0. The third-order valence-electron chi connectivity index (χ3n) is 1.84. The monoisotopic (exact) mass is 363 g/mol. The topological polar surface area (TPSA) is 70.8 Å². The largest absolute Gasteiger partial charge is 1.00 e. The van der Waals surface area contributed by atoms with Crippen LogP contribution in [0.5, 0.6) is 5.75 Å². The van der Waals surface area contributed by atoms with Gasteiger partial charge in [0.05, 0.1) is 18.1 Å². The van der Waals surface area contributed by atoms with Gasteiger partial charge in [0, 0.05) is 23.9 Å². The van der Waals surface area contributed by atoms with Crippen molar-refractivity contribution in [2.75, 3.05) is 13.2 Å². The van der Waals surface area contributed by atoms with E-state index in [4.69, 9.17) is 25.4 Å². The smallest absolute Gasteiger partial charge is 1.00 e. The average Bonchev–Trinajstić information content (AvgIpc) is 2.30. The minimum atomic E-state index is -2.82. The molecule has 0 aromatic heterocycles. The van der Waals surface area contributed by atoms with Crippen LogP contribution in [0.3, 0.4) is 0 Å². The molecule has 1 rings (SSSR count). The van der Waals surface area contributed by atoms with E-state index < -0.39 is 11.6 Å². The van der Waals surface area contributed by atoms with E-state index in [2.05, 4.69) is 0 Å². The van der Waals surface area contributed by atoms with Gasteiger partial charge in [-0.3, -0.25) is 19.2 Å². The quantitative estimate of drug-likeness (QED) is 0.209. The number of rotatable bonds is 7. The molecule has 0 N–H and O–H groups in total. The molecule has 0 fully saturated rings. The molecule has 0 bridgehead atoms. The van der Waals surface area contributed by atoms with Crippen molar-refractivity contribution in [3.8, 4) is 5.75 Å². The molecular weight excluding hydrogens is 346 g/mol. The fourth-order valence-corrected chi connectivity index (χ4v) is 3.25. The third kappa shape index (κ3) is 10.5. The first-order chi connectivity index (χ1) is 8.50. The van der Waals surface area contributed by atoms with Crippen LogP contribution in [0.4, 0.5) is 5.69 Å². The first-order valence-corrected chi connectivity index (χ1v) is 7.89. The number of non-ortho nitro benzene ring substituents is 1. The van der Waals surface area contributed by atoms with Crippen molar-refractivity contribution < 1.29 is 111 Å². The van der Waals surface area contributed by atoms with E-state index in [1.54, 1.807) is 13.8 Å². The van der Waals surface area contributed by atoms with Gasteiger partial charge in [0.2, 0.25) is 0 Å². The number of nitro benzene ring substituents is 1. The van der Waals surface area contributed by atoms with E-state index in [-0.39, 0.29) is 98.6 Å².